The topological polar surface area (TPSA) is 351 Å². The maximum absolute atomic E-state index is 14.7. The highest BCUT2D eigenvalue weighted by molar-refractivity contribution is 7.98. The van der Waals surface area contributed by atoms with E-state index in [0.717, 1.165) is 16.0 Å². The highest BCUT2D eigenvalue weighted by atomic mass is 32.2. The smallest absolute Gasteiger partial charge is 0.329 e. The third-order valence-electron chi connectivity index (χ3n) is 10.3. The highest BCUT2D eigenvalue weighted by Crippen LogP contribution is 2.29. The van der Waals surface area contributed by atoms with Gasteiger partial charge in [0.1, 0.15) is 41.5 Å². The van der Waals surface area contributed by atoms with Gasteiger partial charge in [-0.05, 0) is 53.8 Å². The van der Waals surface area contributed by atoms with Gasteiger partial charge < -0.3 is 57.9 Å². The first-order chi connectivity index (χ1) is 29.8. The SMILES string of the molecule is CSCCC(N)C(=O)CC(C(N)C(=O)N(C=C1CC(O)C(N2CCC(=O)NC2=O)O1)C(=O)NC(Cc1cccc(O)c1)C(=O)O)N(C)C(=O)C(Cc1cccc(O)c1)NC(=O)CN. The molecule has 2 heterocycles. The normalized spacial score (nSPS) is 19.1. The molecule has 4 rings (SSSR count). The molecule has 2 fully saturated rings. The number of phenolic OH excluding ortho intramolecular Hbond substituents is 2. The molecule has 8 amide bonds. The van der Waals surface area contributed by atoms with Crippen molar-refractivity contribution >= 4 is 59.2 Å². The number of benzene rings is 2. The Morgan fingerprint density at radius 2 is 1.60 bits per heavy atom. The van der Waals surface area contributed by atoms with Crippen molar-refractivity contribution in [2.24, 2.45) is 17.2 Å². The summed E-state index contributed by atoms with van der Waals surface area (Å²) in [6.07, 6.45) is -1.74. The Labute approximate surface area is 366 Å². The Morgan fingerprint density at radius 1 is 0.984 bits per heavy atom. The Morgan fingerprint density at radius 3 is 2.16 bits per heavy atom. The molecule has 7 atom stereocenters. The van der Waals surface area contributed by atoms with E-state index in [1.807, 2.05) is 0 Å². The molecule has 63 heavy (non-hydrogen) atoms. The molecule has 23 heteroatoms. The average Bonchev–Trinajstić information content (AvgIpc) is 3.60. The minimum atomic E-state index is -1.97. The number of carboxylic acids is 1. The first-order valence-electron chi connectivity index (χ1n) is 19.7. The second-order valence-corrected chi connectivity index (χ2v) is 15.9. The highest BCUT2D eigenvalue weighted by Gasteiger charge is 2.43. The minimum Gasteiger partial charge on any atom is -0.508 e. The number of thioether (sulfide) groups is 1. The molecule has 0 saturated carbocycles. The quantitative estimate of drug-likeness (QED) is 0.0716. The van der Waals surface area contributed by atoms with Crippen LogP contribution in [0.1, 0.15) is 36.8 Å². The molecule has 0 bridgehead atoms. The van der Waals surface area contributed by atoms with Crippen LogP contribution in [0, 0.1) is 0 Å². The number of urea groups is 2. The summed E-state index contributed by atoms with van der Waals surface area (Å²) in [6, 6.07) is 1.39. The summed E-state index contributed by atoms with van der Waals surface area (Å²) >= 11 is 1.42. The number of phenols is 2. The van der Waals surface area contributed by atoms with Crippen molar-refractivity contribution in [1.82, 2.24) is 30.7 Å². The number of Topliss-reactive ketones (excluding diaryl/α,β-unsaturated/α-hetero) is 1. The van der Waals surface area contributed by atoms with E-state index in [2.05, 4.69) is 16.0 Å². The number of nitrogens with two attached hydrogens (primary N) is 3. The molecule has 7 unspecified atom stereocenters. The van der Waals surface area contributed by atoms with Crippen molar-refractivity contribution in [3.05, 3.63) is 71.6 Å². The van der Waals surface area contributed by atoms with Crippen molar-refractivity contribution in [2.75, 3.05) is 32.1 Å². The third-order valence-corrected chi connectivity index (χ3v) is 10.9. The van der Waals surface area contributed by atoms with Crippen molar-refractivity contribution < 1.29 is 63.5 Å². The Bertz CT molecular complexity index is 2070. The molecule has 2 aliphatic rings. The zero-order valence-electron chi connectivity index (χ0n) is 34.5. The molecule has 2 aromatic carbocycles. The second kappa shape index (κ2) is 22.7. The number of nitrogens with zero attached hydrogens (tertiary/aromatic N) is 3. The number of aliphatic hydroxyl groups is 1. The fraction of sp³-hybridized carbons (Fsp3) is 0.450. The van der Waals surface area contributed by atoms with E-state index in [4.69, 9.17) is 21.9 Å². The summed E-state index contributed by atoms with van der Waals surface area (Å²) in [6.45, 7) is -0.659. The number of aromatic hydroxyl groups is 2. The summed E-state index contributed by atoms with van der Waals surface area (Å²) in [4.78, 5) is 109. The van der Waals surface area contributed by atoms with Gasteiger partial charge in [-0.2, -0.15) is 11.8 Å². The van der Waals surface area contributed by atoms with E-state index in [1.54, 1.807) is 12.3 Å². The largest absolute Gasteiger partial charge is 0.508 e. The molecular formula is C40H53N9O13S. The number of carboxylic acid groups (broad SMARTS) is 1. The lowest BCUT2D eigenvalue weighted by Crippen LogP contribution is -2.62. The van der Waals surface area contributed by atoms with Crippen LogP contribution in [0.4, 0.5) is 9.59 Å². The molecule has 342 valence electrons. The van der Waals surface area contributed by atoms with Crippen molar-refractivity contribution in [3.8, 4) is 11.5 Å². The van der Waals surface area contributed by atoms with Gasteiger partial charge in [-0.3, -0.25) is 34.2 Å². The van der Waals surface area contributed by atoms with Crippen LogP contribution in [0.5, 0.6) is 11.5 Å². The van der Waals surface area contributed by atoms with Gasteiger partial charge in [-0.25, -0.2) is 19.3 Å². The number of imide groups is 2. The van der Waals surface area contributed by atoms with Crippen LogP contribution < -0.4 is 33.2 Å². The van der Waals surface area contributed by atoms with Crippen LogP contribution in [0.25, 0.3) is 0 Å². The van der Waals surface area contributed by atoms with Crippen LogP contribution in [0.3, 0.4) is 0 Å². The summed E-state index contributed by atoms with van der Waals surface area (Å²) in [5, 5.41) is 48.0. The van der Waals surface area contributed by atoms with E-state index in [9.17, 15) is 58.8 Å². The summed E-state index contributed by atoms with van der Waals surface area (Å²) in [5.41, 5.74) is 19.1. The lowest BCUT2D eigenvalue weighted by Gasteiger charge is -2.36. The van der Waals surface area contributed by atoms with Crippen molar-refractivity contribution in [2.45, 2.75) is 81.1 Å². The van der Waals surface area contributed by atoms with Crippen LogP contribution in [0.15, 0.2) is 60.5 Å². The number of amides is 8. The third kappa shape index (κ3) is 13.6. The number of hydrogen-bond acceptors (Lipinski definition) is 16. The maximum atomic E-state index is 14.7. The molecule has 0 spiro atoms. The first-order valence-corrected chi connectivity index (χ1v) is 21.1. The zero-order chi connectivity index (χ0) is 46.5. The van der Waals surface area contributed by atoms with Crippen LogP contribution in [-0.2, 0) is 46.3 Å². The van der Waals surface area contributed by atoms with Crippen LogP contribution in [0.2, 0.25) is 0 Å². The average molecular weight is 900 g/mol. The number of hydrogen-bond donors (Lipinski definition) is 10. The number of carbonyl (C=O) groups excluding carboxylic acids is 7. The van der Waals surface area contributed by atoms with Gasteiger partial charge in [0.05, 0.1) is 24.8 Å². The number of rotatable bonds is 20. The molecule has 13 N–H and O–H groups in total. The fourth-order valence-electron chi connectivity index (χ4n) is 6.84. The monoisotopic (exact) mass is 899 g/mol. The van der Waals surface area contributed by atoms with Gasteiger partial charge in [0.25, 0.3) is 5.91 Å². The Kier molecular flexibility index (Phi) is 17.8. The van der Waals surface area contributed by atoms with E-state index in [1.165, 1.54) is 61.3 Å². The van der Waals surface area contributed by atoms with Gasteiger partial charge >= 0.3 is 18.0 Å². The summed E-state index contributed by atoms with van der Waals surface area (Å²) in [7, 11) is 1.21. The van der Waals surface area contributed by atoms with E-state index >= 15 is 0 Å². The molecule has 0 radical (unpaired) electrons. The zero-order valence-corrected chi connectivity index (χ0v) is 35.4. The lowest BCUT2D eigenvalue weighted by molar-refractivity contribution is -0.141. The predicted octanol–water partition coefficient (Wildman–Crippen LogP) is -1.60. The van der Waals surface area contributed by atoms with E-state index in [-0.39, 0.29) is 55.0 Å². The van der Waals surface area contributed by atoms with E-state index in [0.29, 0.717) is 16.2 Å². The van der Waals surface area contributed by atoms with Gasteiger partial charge in [0.2, 0.25) is 23.9 Å². The Hall–Kier alpha value is -6.27. The number of likely N-dealkylation sites (N-methyl/N-ethyl adjacent to an activating group) is 1. The standard InChI is InChI=1S/C40H53N9O13S/c1-47(35(56)27(44-33(55)19-41)15-21-5-3-7-23(50)13-21)29(18-30(52)26(42)10-12-63-2)34(43)36(57)49(39(60)45-28(38(58)59)16-22-6-4-8-24(51)14-22)20-25-17-31(53)37(62-25)48-11-9-32(54)46-40(48)61/h3-8,13-14,20,26-29,31,34,37,50-51,53H,9-12,15-19,41-43H2,1-2H3,(H,44,55)(H,45,60)(H,58,59)(H,46,54,61). The Balaban J connectivity index is 1.76. The van der Waals surface area contributed by atoms with Gasteiger partial charge in [0.15, 0.2) is 5.78 Å². The molecule has 0 aliphatic carbocycles. The molecule has 22 nitrogen and oxygen atoms in total. The molecule has 2 aromatic rings. The molecular weight excluding hydrogens is 847 g/mol. The van der Waals surface area contributed by atoms with Crippen molar-refractivity contribution in [1.29, 1.82) is 0 Å². The summed E-state index contributed by atoms with van der Waals surface area (Å²) < 4.78 is 5.82. The number of aliphatic hydroxyl groups excluding tert-OH is 1. The number of ether oxygens (including phenoxy) is 1. The molecule has 2 saturated heterocycles. The minimum absolute atomic E-state index is 0.118. The number of carbonyl (C=O) groups is 8. The van der Waals surface area contributed by atoms with Gasteiger partial charge in [-0.1, -0.05) is 24.3 Å². The van der Waals surface area contributed by atoms with Gasteiger partial charge in [0, 0.05) is 45.7 Å². The molecule has 0 aromatic heterocycles. The van der Waals surface area contributed by atoms with E-state index < -0.39 is 109 Å². The van der Waals surface area contributed by atoms with Gasteiger partial charge in [-0.15, -0.1) is 0 Å². The van der Waals surface area contributed by atoms with Crippen LogP contribution >= 0.6 is 11.8 Å². The first kappa shape index (κ1) is 49.4. The molecule has 2 aliphatic heterocycles. The lowest BCUT2D eigenvalue weighted by atomic mass is 9.95. The maximum Gasteiger partial charge on any atom is 0.329 e. The van der Waals surface area contributed by atoms with Crippen LogP contribution in [-0.4, -0.2) is 157 Å². The number of ketones is 1. The fourth-order valence-corrected chi connectivity index (χ4v) is 7.33. The van der Waals surface area contributed by atoms with Crippen molar-refractivity contribution in [3.63, 3.8) is 0 Å². The predicted molar refractivity (Wildman–Crippen MR) is 225 cm³/mol. The number of nitrogens with one attached hydrogen (secondary N) is 3. The second-order valence-electron chi connectivity index (χ2n) is 14.9. The number of aliphatic carboxylic acids is 1. The summed E-state index contributed by atoms with van der Waals surface area (Å²) in [5.74, 6) is -5.75.